The third kappa shape index (κ3) is 2.65. The zero-order valence-corrected chi connectivity index (χ0v) is 12.2. The molecule has 0 atom stereocenters. The first-order valence-electron chi connectivity index (χ1n) is 6.98. The van der Waals surface area contributed by atoms with E-state index in [1.807, 2.05) is 85.5 Å². The first-order valence-corrected chi connectivity index (χ1v) is 6.98. The molecule has 0 N–H and O–H groups in total. The Morgan fingerprint density at radius 2 is 1.43 bits per heavy atom. The Morgan fingerprint density at radius 1 is 0.810 bits per heavy atom. The second-order valence-corrected chi connectivity index (χ2v) is 5.32. The average molecular weight is 275 g/mol. The van der Waals surface area contributed by atoms with E-state index in [0.717, 1.165) is 27.8 Å². The Kier molecular flexibility index (Phi) is 3.44. The van der Waals surface area contributed by atoms with E-state index >= 15 is 0 Å². The normalized spacial score (nSPS) is 10.6. The number of aromatic nitrogens is 1. The van der Waals surface area contributed by atoms with Crippen molar-refractivity contribution in [1.82, 2.24) is 4.57 Å². The van der Waals surface area contributed by atoms with Crippen LogP contribution in [0.2, 0.25) is 0 Å². The molecular formula is C19H17NO. The van der Waals surface area contributed by atoms with Crippen LogP contribution in [0.5, 0.6) is 0 Å². The summed E-state index contributed by atoms with van der Waals surface area (Å²) in [6.07, 6.45) is 3.78. The molecule has 21 heavy (non-hydrogen) atoms. The van der Waals surface area contributed by atoms with Gasteiger partial charge in [-0.2, -0.15) is 0 Å². The fourth-order valence-corrected chi connectivity index (χ4v) is 2.55. The van der Waals surface area contributed by atoms with Gasteiger partial charge >= 0.3 is 0 Å². The fraction of sp³-hybridized carbons (Fsp3) is 0.105. The van der Waals surface area contributed by atoms with Crippen molar-refractivity contribution in [2.45, 2.75) is 6.92 Å². The van der Waals surface area contributed by atoms with Crippen LogP contribution in [0.1, 0.15) is 5.56 Å². The number of hydrogen-bond acceptors (Lipinski definition) is 1. The molecule has 0 unspecified atom stereocenters. The molecule has 0 saturated heterocycles. The molecule has 1 aromatic heterocycles. The van der Waals surface area contributed by atoms with E-state index in [1.165, 1.54) is 0 Å². The highest BCUT2D eigenvalue weighted by Gasteiger charge is 2.10. The largest absolute Gasteiger partial charge is 0.356 e. The second kappa shape index (κ2) is 5.41. The highest BCUT2D eigenvalue weighted by molar-refractivity contribution is 5.71. The van der Waals surface area contributed by atoms with Crippen LogP contribution in [0, 0.1) is 6.92 Å². The lowest BCUT2D eigenvalue weighted by molar-refractivity contribution is 0.904. The second-order valence-electron chi connectivity index (χ2n) is 5.32. The van der Waals surface area contributed by atoms with Gasteiger partial charge < -0.3 is 4.57 Å². The van der Waals surface area contributed by atoms with Crippen LogP contribution in [0.15, 0.2) is 71.8 Å². The van der Waals surface area contributed by atoms with Gasteiger partial charge in [-0.15, -0.1) is 0 Å². The number of rotatable bonds is 2. The molecule has 3 aromatic rings. The number of hydrogen-bond donors (Lipinski definition) is 0. The van der Waals surface area contributed by atoms with Gasteiger partial charge in [-0.25, -0.2) is 0 Å². The quantitative estimate of drug-likeness (QED) is 0.692. The van der Waals surface area contributed by atoms with Gasteiger partial charge in [0.05, 0.1) is 0 Å². The lowest BCUT2D eigenvalue weighted by Gasteiger charge is -2.09. The van der Waals surface area contributed by atoms with E-state index in [1.54, 1.807) is 0 Å². The Balaban J connectivity index is 2.24. The minimum atomic E-state index is 0.0740. The van der Waals surface area contributed by atoms with Crippen molar-refractivity contribution in [1.29, 1.82) is 0 Å². The first kappa shape index (κ1) is 13.4. The minimum Gasteiger partial charge on any atom is -0.356 e. The molecule has 2 aromatic carbocycles. The van der Waals surface area contributed by atoms with E-state index in [9.17, 15) is 4.79 Å². The molecule has 0 bridgehead atoms. The summed E-state index contributed by atoms with van der Waals surface area (Å²) >= 11 is 0. The number of nitrogens with zero attached hydrogens (tertiary/aromatic N) is 1. The summed E-state index contributed by atoms with van der Waals surface area (Å²) in [5, 5.41) is 0. The van der Waals surface area contributed by atoms with Crippen molar-refractivity contribution in [2.75, 3.05) is 0 Å². The van der Waals surface area contributed by atoms with Crippen molar-refractivity contribution < 1.29 is 0 Å². The maximum Gasteiger partial charge on any atom is 0.197 e. The van der Waals surface area contributed by atoms with Gasteiger partial charge in [-0.05, 0) is 18.1 Å². The van der Waals surface area contributed by atoms with Crippen LogP contribution in [-0.4, -0.2) is 4.57 Å². The van der Waals surface area contributed by atoms with E-state index in [4.69, 9.17) is 0 Å². The standard InChI is InChI=1S/C19H17NO/c1-14-7-6-10-16(11-14)18-13-20(2)12-17(19(18)21)15-8-4-3-5-9-15/h3-13H,1-2H3. The summed E-state index contributed by atoms with van der Waals surface area (Å²) in [5.74, 6) is 0. The lowest BCUT2D eigenvalue weighted by atomic mass is 10.00. The topological polar surface area (TPSA) is 22.0 Å². The van der Waals surface area contributed by atoms with Crippen LogP contribution < -0.4 is 5.43 Å². The smallest absolute Gasteiger partial charge is 0.197 e. The average Bonchev–Trinajstić information content (AvgIpc) is 2.50. The van der Waals surface area contributed by atoms with Gasteiger partial charge in [-0.1, -0.05) is 60.2 Å². The molecular weight excluding hydrogens is 258 g/mol. The van der Waals surface area contributed by atoms with Crippen LogP contribution in [-0.2, 0) is 7.05 Å². The van der Waals surface area contributed by atoms with Gasteiger partial charge in [0.15, 0.2) is 5.43 Å². The van der Waals surface area contributed by atoms with Crippen molar-refractivity contribution >= 4 is 0 Å². The fourth-order valence-electron chi connectivity index (χ4n) is 2.55. The van der Waals surface area contributed by atoms with Crippen molar-refractivity contribution in [3.05, 3.63) is 82.8 Å². The zero-order valence-electron chi connectivity index (χ0n) is 12.2. The number of pyridine rings is 1. The van der Waals surface area contributed by atoms with Gasteiger partial charge in [0, 0.05) is 30.6 Å². The molecule has 2 nitrogen and oxygen atoms in total. The van der Waals surface area contributed by atoms with E-state index in [-0.39, 0.29) is 5.43 Å². The highest BCUT2D eigenvalue weighted by atomic mass is 16.1. The summed E-state index contributed by atoms with van der Waals surface area (Å²) in [4.78, 5) is 12.8. The molecule has 0 spiro atoms. The van der Waals surface area contributed by atoms with Crippen LogP contribution in [0.4, 0.5) is 0 Å². The van der Waals surface area contributed by atoms with Crippen molar-refractivity contribution in [2.24, 2.45) is 7.05 Å². The molecule has 0 aliphatic carbocycles. The first-order chi connectivity index (χ1) is 10.1. The molecule has 2 heteroatoms. The Morgan fingerprint density at radius 3 is 2.10 bits per heavy atom. The molecule has 104 valence electrons. The number of benzene rings is 2. The monoisotopic (exact) mass is 275 g/mol. The lowest BCUT2D eigenvalue weighted by Crippen LogP contribution is -2.11. The molecule has 0 saturated carbocycles. The molecule has 0 radical (unpaired) electrons. The minimum absolute atomic E-state index is 0.0740. The molecule has 1 heterocycles. The Bertz CT molecular complexity index is 832. The summed E-state index contributed by atoms with van der Waals surface area (Å²) in [7, 11) is 1.95. The van der Waals surface area contributed by atoms with Crippen LogP contribution in [0.3, 0.4) is 0 Å². The molecule has 0 aliphatic heterocycles. The Hall–Kier alpha value is -2.61. The van der Waals surface area contributed by atoms with Gasteiger partial charge in [0.2, 0.25) is 0 Å². The van der Waals surface area contributed by atoms with Gasteiger partial charge in [0.1, 0.15) is 0 Å². The summed E-state index contributed by atoms with van der Waals surface area (Å²) in [5.41, 5.74) is 4.62. The number of aryl methyl sites for hydroxylation is 2. The molecule has 0 aliphatic rings. The van der Waals surface area contributed by atoms with Crippen molar-refractivity contribution in [3.63, 3.8) is 0 Å². The predicted molar refractivity (Wildman–Crippen MR) is 87.3 cm³/mol. The molecule has 3 rings (SSSR count). The van der Waals surface area contributed by atoms with Gasteiger partial charge in [0.25, 0.3) is 0 Å². The summed E-state index contributed by atoms with van der Waals surface area (Å²) in [6, 6.07) is 17.9. The van der Waals surface area contributed by atoms with Crippen LogP contribution >= 0.6 is 0 Å². The Labute approximate surface area is 124 Å². The summed E-state index contributed by atoms with van der Waals surface area (Å²) in [6.45, 7) is 2.04. The van der Waals surface area contributed by atoms with E-state index in [0.29, 0.717) is 0 Å². The maximum absolute atomic E-state index is 12.8. The van der Waals surface area contributed by atoms with E-state index < -0.39 is 0 Å². The van der Waals surface area contributed by atoms with Crippen LogP contribution in [0.25, 0.3) is 22.3 Å². The molecule has 0 fully saturated rings. The highest BCUT2D eigenvalue weighted by Crippen LogP contribution is 2.21. The SMILES string of the molecule is Cc1cccc(-c2cn(C)cc(-c3ccccc3)c2=O)c1. The third-order valence-corrected chi connectivity index (χ3v) is 3.57. The van der Waals surface area contributed by atoms with E-state index in [2.05, 4.69) is 0 Å². The summed E-state index contributed by atoms with van der Waals surface area (Å²) < 4.78 is 1.95. The third-order valence-electron chi connectivity index (χ3n) is 3.57. The van der Waals surface area contributed by atoms with Gasteiger partial charge in [-0.3, -0.25) is 4.79 Å². The molecule has 0 amide bonds. The zero-order chi connectivity index (χ0) is 14.8. The maximum atomic E-state index is 12.8. The predicted octanol–water partition coefficient (Wildman–Crippen LogP) is 4.03. The van der Waals surface area contributed by atoms with Crippen molar-refractivity contribution in [3.8, 4) is 22.3 Å².